The van der Waals surface area contributed by atoms with Crippen LogP contribution in [0.15, 0.2) is 23.2 Å². The Morgan fingerprint density at radius 3 is 2.94 bits per heavy atom. The minimum Gasteiger partial charge on any atom is -0.370 e. The molecule has 1 aliphatic carbocycles. The van der Waals surface area contributed by atoms with Gasteiger partial charge in [0.15, 0.2) is 5.96 Å². The van der Waals surface area contributed by atoms with E-state index in [9.17, 15) is 4.39 Å². The van der Waals surface area contributed by atoms with Crippen LogP contribution in [0.25, 0.3) is 0 Å². The molecule has 0 bridgehead atoms. The average Bonchev–Trinajstić information content (AvgIpc) is 3.20. The fraction of sp³-hybridized carbons (Fsp3) is 0.385. The second-order valence-electron chi connectivity index (χ2n) is 4.43. The summed E-state index contributed by atoms with van der Waals surface area (Å²) in [6.07, 6.45) is 2.26. The van der Waals surface area contributed by atoms with E-state index in [0.717, 1.165) is 12.8 Å². The number of guanidine groups is 1. The van der Waals surface area contributed by atoms with E-state index in [2.05, 4.69) is 4.99 Å². The highest BCUT2D eigenvalue weighted by Gasteiger charge is 2.27. The number of hydrogen-bond donors (Lipinski definition) is 1. The first-order chi connectivity index (χ1) is 8.61. The first-order valence-corrected chi connectivity index (χ1v) is 5.83. The second-order valence-corrected chi connectivity index (χ2v) is 4.43. The lowest BCUT2D eigenvalue weighted by molar-refractivity contribution is 0.487. The number of nitrogens with zero attached hydrogens (tertiary/aromatic N) is 3. The van der Waals surface area contributed by atoms with Crippen LogP contribution in [0.1, 0.15) is 24.0 Å². The van der Waals surface area contributed by atoms with Crippen molar-refractivity contribution in [1.29, 1.82) is 5.26 Å². The van der Waals surface area contributed by atoms with Gasteiger partial charge in [0.05, 0.1) is 18.2 Å². The smallest absolute Gasteiger partial charge is 0.191 e. The van der Waals surface area contributed by atoms with Crippen molar-refractivity contribution in [3.8, 4) is 6.07 Å². The van der Waals surface area contributed by atoms with E-state index in [-0.39, 0.29) is 12.4 Å². The minimum atomic E-state index is -0.361. The molecule has 0 spiro atoms. The summed E-state index contributed by atoms with van der Waals surface area (Å²) in [5.41, 5.74) is 6.63. The minimum absolute atomic E-state index is 0.157. The van der Waals surface area contributed by atoms with Crippen LogP contribution in [0, 0.1) is 17.1 Å². The Balaban J connectivity index is 2.09. The molecule has 94 valence electrons. The summed E-state index contributed by atoms with van der Waals surface area (Å²) in [6.45, 7) is 0.157. The molecule has 1 aliphatic rings. The van der Waals surface area contributed by atoms with Crippen LogP contribution in [0.4, 0.5) is 4.39 Å². The van der Waals surface area contributed by atoms with Crippen molar-refractivity contribution >= 4 is 5.96 Å². The van der Waals surface area contributed by atoms with Gasteiger partial charge in [-0.3, -0.25) is 0 Å². The molecule has 1 fully saturated rings. The van der Waals surface area contributed by atoms with E-state index in [4.69, 9.17) is 11.0 Å². The Labute approximate surface area is 106 Å². The van der Waals surface area contributed by atoms with Crippen molar-refractivity contribution in [3.05, 3.63) is 35.1 Å². The van der Waals surface area contributed by atoms with Gasteiger partial charge in [0, 0.05) is 18.7 Å². The molecule has 0 unspecified atom stereocenters. The van der Waals surface area contributed by atoms with Gasteiger partial charge in [0.2, 0.25) is 0 Å². The highest BCUT2D eigenvalue weighted by Crippen LogP contribution is 2.25. The molecule has 1 saturated carbocycles. The van der Waals surface area contributed by atoms with E-state index in [1.54, 1.807) is 0 Å². The van der Waals surface area contributed by atoms with E-state index >= 15 is 0 Å². The Kier molecular flexibility index (Phi) is 3.47. The van der Waals surface area contributed by atoms with Gasteiger partial charge in [-0.05, 0) is 31.0 Å². The van der Waals surface area contributed by atoms with Gasteiger partial charge in [0.1, 0.15) is 5.82 Å². The van der Waals surface area contributed by atoms with Crippen LogP contribution in [0.5, 0.6) is 0 Å². The average molecular weight is 246 g/mol. The number of benzene rings is 1. The Hall–Kier alpha value is -2.09. The number of aliphatic imine (C=N–C) groups is 1. The maximum Gasteiger partial charge on any atom is 0.191 e. The van der Waals surface area contributed by atoms with Gasteiger partial charge < -0.3 is 10.6 Å². The Morgan fingerprint density at radius 2 is 2.33 bits per heavy atom. The standard InChI is InChI=1S/C13H15FN4/c1-18(11-3-4-11)13(16)17-8-10-6-9(7-15)2-5-12(10)14/h2,5-6,11H,3-4,8H2,1H3,(H2,16,17). The molecule has 0 aliphatic heterocycles. The van der Waals surface area contributed by atoms with Crippen molar-refractivity contribution in [1.82, 2.24) is 4.90 Å². The van der Waals surface area contributed by atoms with Crippen molar-refractivity contribution in [2.24, 2.45) is 10.7 Å². The molecule has 2 rings (SSSR count). The third-order valence-electron chi connectivity index (χ3n) is 3.04. The van der Waals surface area contributed by atoms with Crippen LogP contribution in [-0.4, -0.2) is 23.9 Å². The molecule has 0 radical (unpaired) electrons. The number of nitrogens with two attached hydrogens (primary N) is 1. The second kappa shape index (κ2) is 5.05. The zero-order valence-corrected chi connectivity index (χ0v) is 10.2. The molecule has 1 aromatic carbocycles. The molecule has 0 atom stereocenters. The van der Waals surface area contributed by atoms with Crippen LogP contribution < -0.4 is 5.73 Å². The predicted octanol–water partition coefficient (Wildman–Crippen LogP) is 1.61. The molecule has 18 heavy (non-hydrogen) atoms. The van der Waals surface area contributed by atoms with E-state index in [1.165, 1.54) is 18.2 Å². The third kappa shape index (κ3) is 2.77. The zero-order chi connectivity index (χ0) is 13.1. The number of nitriles is 1. The molecule has 5 heteroatoms. The van der Waals surface area contributed by atoms with E-state index in [0.29, 0.717) is 23.1 Å². The third-order valence-corrected chi connectivity index (χ3v) is 3.04. The lowest BCUT2D eigenvalue weighted by atomic mass is 10.1. The summed E-state index contributed by atoms with van der Waals surface area (Å²) in [5, 5.41) is 8.76. The monoisotopic (exact) mass is 246 g/mol. The molecule has 1 aromatic rings. The lowest BCUT2D eigenvalue weighted by Gasteiger charge is -2.16. The van der Waals surface area contributed by atoms with Crippen LogP contribution in [-0.2, 0) is 6.54 Å². The van der Waals surface area contributed by atoms with Gasteiger partial charge in [-0.25, -0.2) is 9.38 Å². The molecule has 0 heterocycles. The molecule has 0 saturated heterocycles. The summed E-state index contributed by atoms with van der Waals surface area (Å²) < 4.78 is 13.5. The highest BCUT2D eigenvalue weighted by atomic mass is 19.1. The van der Waals surface area contributed by atoms with Gasteiger partial charge in [0.25, 0.3) is 0 Å². The number of rotatable bonds is 3. The van der Waals surface area contributed by atoms with Gasteiger partial charge >= 0.3 is 0 Å². The molecular formula is C13H15FN4. The maximum atomic E-state index is 13.5. The van der Waals surface area contributed by atoms with Gasteiger partial charge in [-0.1, -0.05) is 0 Å². The van der Waals surface area contributed by atoms with Crippen molar-refractivity contribution in [3.63, 3.8) is 0 Å². The van der Waals surface area contributed by atoms with Crippen LogP contribution in [0.2, 0.25) is 0 Å². The number of halogens is 1. The zero-order valence-electron chi connectivity index (χ0n) is 10.2. The fourth-order valence-corrected chi connectivity index (χ4v) is 1.69. The summed E-state index contributed by atoms with van der Waals surface area (Å²) in [7, 11) is 1.89. The molecule has 4 nitrogen and oxygen atoms in total. The molecule has 0 amide bonds. The predicted molar refractivity (Wildman–Crippen MR) is 67.2 cm³/mol. The summed E-state index contributed by atoms with van der Waals surface area (Å²) in [6, 6.07) is 6.68. The van der Waals surface area contributed by atoms with Crippen LogP contribution in [0.3, 0.4) is 0 Å². The first-order valence-electron chi connectivity index (χ1n) is 5.83. The largest absolute Gasteiger partial charge is 0.370 e. The summed E-state index contributed by atoms with van der Waals surface area (Å²) >= 11 is 0. The van der Waals surface area contributed by atoms with Crippen molar-refractivity contribution in [2.75, 3.05) is 7.05 Å². The highest BCUT2D eigenvalue weighted by molar-refractivity contribution is 5.78. The van der Waals surface area contributed by atoms with Crippen molar-refractivity contribution in [2.45, 2.75) is 25.4 Å². The van der Waals surface area contributed by atoms with E-state index in [1.807, 2.05) is 18.0 Å². The first kappa shape index (κ1) is 12.4. The summed E-state index contributed by atoms with van der Waals surface area (Å²) in [5.74, 6) is 0.0545. The lowest BCUT2D eigenvalue weighted by Crippen LogP contribution is -2.35. The fourth-order valence-electron chi connectivity index (χ4n) is 1.69. The topological polar surface area (TPSA) is 65.4 Å². The molecular weight excluding hydrogens is 231 g/mol. The molecule has 0 aromatic heterocycles. The summed E-state index contributed by atoms with van der Waals surface area (Å²) in [4.78, 5) is 6.07. The van der Waals surface area contributed by atoms with E-state index < -0.39 is 0 Å². The number of hydrogen-bond acceptors (Lipinski definition) is 2. The SMILES string of the molecule is CN(C(N)=NCc1cc(C#N)ccc1F)C1CC1. The van der Waals surface area contributed by atoms with Crippen LogP contribution >= 0.6 is 0 Å². The van der Waals surface area contributed by atoms with Crippen molar-refractivity contribution < 1.29 is 4.39 Å². The maximum absolute atomic E-state index is 13.5. The Bertz CT molecular complexity index is 514. The quantitative estimate of drug-likeness (QED) is 0.651. The van der Waals surface area contributed by atoms with Gasteiger partial charge in [-0.15, -0.1) is 0 Å². The van der Waals surface area contributed by atoms with Gasteiger partial charge in [-0.2, -0.15) is 5.26 Å². The normalized spacial score (nSPS) is 15.3. The Morgan fingerprint density at radius 1 is 1.61 bits per heavy atom. The molecule has 2 N–H and O–H groups in total.